The standard InChI is InChI=1S/C19H35N7O2/c1-15-23-24-18(25(15)2)13-21-19(22-17(14-27-3)16-5-6-16)20-7-4-8-26-9-11-28-12-10-26/h16-17H,4-14H2,1-3H3,(H2,20,21,22). The summed E-state index contributed by atoms with van der Waals surface area (Å²) in [5, 5.41) is 15.4. The van der Waals surface area contributed by atoms with E-state index in [2.05, 4.69) is 25.7 Å². The highest BCUT2D eigenvalue weighted by atomic mass is 16.5. The van der Waals surface area contributed by atoms with Crippen molar-refractivity contribution in [1.29, 1.82) is 0 Å². The number of nitrogens with one attached hydrogen (secondary N) is 2. The fourth-order valence-electron chi connectivity index (χ4n) is 3.37. The van der Waals surface area contributed by atoms with Crippen LogP contribution in [0, 0.1) is 12.8 Å². The van der Waals surface area contributed by atoms with Crippen LogP contribution in [0.5, 0.6) is 0 Å². The maximum Gasteiger partial charge on any atom is 0.192 e. The maximum atomic E-state index is 5.41. The predicted molar refractivity (Wildman–Crippen MR) is 108 cm³/mol. The quantitative estimate of drug-likeness (QED) is 0.336. The lowest BCUT2D eigenvalue weighted by molar-refractivity contribution is 0.0376. The Morgan fingerprint density at radius 2 is 2.11 bits per heavy atom. The van der Waals surface area contributed by atoms with Gasteiger partial charge in [-0.15, -0.1) is 10.2 Å². The maximum absolute atomic E-state index is 5.41. The SMILES string of the molecule is COCC(NC(=NCc1nnc(C)n1C)NCCCN1CCOCC1)C1CC1. The number of hydrogen-bond acceptors (Lipinski definition) is 6. The van der Waals surface area contributed by atoms with Gasteiger partial charge in [0.2, 0.25) is 0 Å². The van der Waals surface area contributed by atoms with Crippen molar-refractivity contribution in [2.24, 2.45) is 18.0 Å². The number of hydrogen-bond donors (Lipinski definition) is 2. The molecule has 9 nitrogen and oxygen atoms in total. The van der Waals surface area contributed by atoms with Crippen molar-refractivity contribution in [3.05, 3.63) is 11.6 Å². The van der Waals surface area contributed by atoms with Gasteiger partial charge in [-0.05, 0) is 38.6 Å². The van der Waals surface area contributed by atoms with Gasteiger partial charge in [0.25, 0.3) is 0 Å². The number of morpholine rings is 1. The number of rotatable bonds is 10. The first kappa shape index (κ1) is 21.0. The van der Waals surface area contributed by atoms with Gasteiger partial charge >= 0.3 is 0 Å². The van der Waals surface area contributed by atoms with Crippen LogP contribution in [0.3, 0.4) is 0 Å². The molecule has 1 saturated heterocycles. The summed E-state index contributed by atoms with van der Waals surface area (Å²) in [6.45, 7) is 8.86. The molecule has 1 aromatic rings. The van der Waals surface area contributed by atoms with Gasteiger partial charge in [-0.1, -0.05) is 0 Å². The van der Waals surface area contributed by atoms with Crippen molar-refractivity contribution >= 4 is 5.96 Å². The molecule has 2 aliphatic rings. The lowest BCUT2D eigenvalue weighted by Crippen LogP contribution is -2.47. The van der Waals surface area contributed by atoms with Crippen molar-refractivity contribution in [2.75, 3.05) is 53.1 Å². The van der Waals surface area contributed by atoms with Gasteiger partial charge in [0, 0.05) is 33.8 Å². The van der Waals surface area contributed by atoms with E-state index in [9.17, 15) is 0 Å². The first-order valence-corrected chi connectivity index (χ1v) is 10.4. The third kappa shape index (κ3) is 6.42. The molecule has 1 unspecified atom stereocenters. The minimum Gasteiger partial charge on any atom is -0.383 e. The number of methoxy groups -OCH3 is 1. The summed E-state index contributed by atoms with van der Waals surface area (Å²) in [5.74, 6) is 3.27. The molecule has 1 aliphatic carbocycles. The van der Waals surface area contributed by atoms with Crippen molar-refractivity contribution in [3.8, 4) is 0 Å². The Morgan fingerprint density at radius 3 is 2.75 bits per heavy atom. The molecule has 2 heterocycles. The molecule has 1 atom stereocenters. The molecule has 28 heavy (non-hydrogen) atoms. The smallest absolute Gasteiger partial charge is 0.192 e. The summed E-state index contributed by atoms with van der Waals surface area (Å²) in [6.07, 6.45) is 3.59. The number of guanidine groups is 1. The molecule has 0 spiro atoms. The molecule has 0 amide bonds. The molecule has 0 radical (unpaired) electrons. The molecule has 9 heteroatoms. The molecule has 0 aromatic carbocycles. The number of aromatic nitrogens is 3. The fraction of sp³-hybridized carbons (Fsp3) is 0.842. The zero-order valence-corrected chi connectivity index (χ0v) is 17.5. The Labute approximate surface area is 167 Å². The van der Waals surface area contributed by atoms with Crippen molar-refractivity contribution in [1.82, 2.24) is 30.3 Å². The molecule has 1 aliphatic heterocycles. The first-order valence-electron chi connectivity index (χ1n) is 10.4. The van der Waals surface area contributed by atoms with Crippen LogP contribution in [0.25, 0.3) is 0 Å². The third-order valence-electron chi connectivity index (χ3n) is 5.47. The number of ether oxygens (including phenoxy) is 2. The highest BCUT2D eigenvalue weighted by Gasteiger charge is 2.31. The van der Waals surface area contributed by atoms with Crippen molar-refractivity contribution in [3.63, 3.8) is 0 Å². The normalized spacial score (nSPS) is 19.6. The summed E-state index contributed by atoms with van der Waals surface area (Å²) in [4.78, 5) is 7.22. The summed E-state index contributed by atoms with van der Waals surface area (Å²) >= 11 is 0. The Kier molecular flexibility index (Phi) is 8.05. The second kappa shape index (κ2) is 10.7. The van der Waals surface area contributed by atoms with Crippen LogP contribution in [-0.4, -0.2) is 84.8 Å². The van der Waals surface area contributed by atoms with Gasteiger partial charge in [-0.25, -0.2) is 4.99 Å². The van der Waals surface area contributed by atoms with Crippen molar-refractivity contribution in [2.45, 2.75) is 38.8 Å². The summed E-state index contributed by atoms with van der Waals surface area (Å²) in [6, 6.07) is 0.303. The van der Waals surface area contributed by atoms with E-state index in [-0.39, 0.29) is 0 Å². The molecule has 1 saturated carbocycles. The average molecular weight is 394 g/mol. The topological polar surface area (TPSA) is 88.8 Å². The van der Waals surface area contributed by atoms with E-state index in [4.69, 9.17) is 14.5 Å². The second-order valence-corrected chi connectivity index (χ2v) is 7.67. The molecule has 0 bridgehead atoms. The summed E-state index contributed by atoms with van der Waals surface area (Å²) < 4.78 is 12.8. The van der Waals surface area contributed by atoms with E-state index in [0.29, 0.717) is 25.1 Å². The minimum atomic E-state index is 0.303. The lowest BCUT2D eigenvalue weighted by atomic mass is 10.2. The van der Waals surface area contributed by atoms with Gasteiger partial charge in [0.15, 0.2) is 11.8 Å². The lowest BCUT2D eigenvalue weighted by Gasteiger charge is -2.26. The Hall–Kier alpha value is -1.71. The molecule has 3 rings (SSSR count). The Bertz CT molecular complexity index is 624. The first-order chi connectivity index (χ1) is 13.7. The van der Waals surface area contributed by atoms with E-state index in [1.54, 1.807) is 7.11 Å². The monoisotopic (exact) mass is 393 g/mol. The summed E-state index contributed by atoms with van der Waals surface area (Å²) in [5.41, 5.74) is 0. The average Bonchev–Trinajstić information content (AvgIpc) is 3.51. The van der Waals surface area contributed by atoms with Gasteiger partial charge in [-0.2, -0.15) is 0 Å². The van der Waals surface area contributed by atoms with Crippen LogP contribution in [-0.2, 0) is 23.1 Å². The number of nitrogens with zero attached hydrogens (tertiary/aromatic N) is 5. The zero-order chi connectivity index (χ0) is 19.8. The van der Waals surface area contributed by atoms with Crippen LogP contribution in [0.2, 0.25) is 0 Å². The largest absolute Gasteiger partial charge is 0.383 e. The van der Waals surface area contributed by atoms with Gasteiger partial charge in [0.1, 0.15) is 12.4 Å². The van der Waals surface area contributed by atoms with Crippen molar-refractivity contribution < 1.29 is 9.47 Å². The summed E-state index contributed by atoms with van der Waals surface area (Å²) in [7, 11) is 3.73. The molecular formula is C19H35N7O2. The third-order valence-corrected chi connectivity index (χ3v) is 5.47. The molecule has 2 fully saturated rings. The highest BCUT2D eigenvalue weighted by molar-refractivity contribution is 5.80. The van der Waals surface area contributed by atoms with Crippen LogP contribution in [0.1, 0.15) is 30.9 Å². The van der Waals surface area contributed by atoms with Gasteiger partial charge < -0.3 is 24.7 Å². The predicted octanol–water partition coefficient (Wildman–Crippen LogP) is 0.306. The van der Waals surface area contributed by atoms with E-state index < -0.39 is 0 Å². The second-order valence-electron chi connectivity index (χ2n) is 7.67. The van der Waals surface area contributed by atoms with Crippen LogP contribution in [0.4, 0.5) is 0 Å². The van der Waals surface area contributed by atoms with Crippen LogP contribution in [0.15, 0.2) is 4.99 Å². The Morgan fingerprint density at radius 1 is 1.32 bits per heavy atom. The molecule has 158 valence electrons. The molecule has 2 N–H and O–H groups in total. The fourth-order valence-corrected chi connectivity index (χ4v) is 3.37. The molecular weight excluding hydrogens is 358 g/mol. The number of aliphatic imine (C=N–C) groups is 1. The van der Waals surface area contributed by atoms with E-state index in [1.165, 1.54) is 12.8 Å². The highest BCUT2D eigenvalue weighted by Crippen LogP contribution is 2.32. The Balaban J connectivity index is 1.53. The van der Waals surface area contributed by atoms with E-state index in [1.807, 2.05) is 18.5 Å². The van der Waals surface area contributed by atoms with Gasteiger partial charge in [-0.3, -0.25) is 4.90 Å². The van der Waals surface area contributed by atoms with Crippen LogP contribution < -0.4 is 10.6 Å². The van der Waals surface area contributed by atoms with E-state index >= 15 is 0 Å². The van der Waals surface area contributed by atoms with Gasteiger partial charge in [0.05, 0.1) is 25.9 Å². The number of aryl methyl sites for hydroxylation is 1. The van der Waals surface area contributed by atoms with Crippen LogP contribution >= 0.6 is 0 Å². The molecule has 1 aromatic heterocycles. The van der Waals surface area contributed by atoms with E-state index in [0.717, 1.165) is 63.4 Å². The zero-order valence-electron chi connectivity index (χ0n) is 17.5. The minimum absolute atomic E-state index is 0.303.